The third-order valence-electron chi connectivity index (χ3n) is 5.86. The summed E-state index contributed by atoms with van der Waals surface area (Å²) in [6.07, 6.45) is 8.36. The zero-order valence-corrected chi connectivity index (χ0v) is 19.2. The van der Waals surface area contributed by atoms with Gasteiger partial charge in [-0.3, -0.25) is 9.48 Å². The number of aromatic nitrogens is 3. The van der Waals surface area contributed by atoms with Crippen LogP contribution in [0.1, 0.15) is 47.2 Å². The fourth-order valence-electron chi connectivity index (χ4n) is 4.03. The van der Waals surface area contributed by atoms with Crippen LogP contribution in [0.5, 0.6) is 0 Å². The Morgan fingerprint density at radius 2 is 2.09 bits per heavy atom. The number of carbonyl (C=O) groups is 1. The van der Waals surface area contributed by atoms with Gasteiger partial charge in [-0.2, -0.15) is 5.10 Å². The lowest BCUT2D eigenvalue weighted by Crippen LogP contribution is -2.41. The van der Waals surface area contributed by atoms with Gasteiger partial charge in [0.1, 0.15) is 5.82 Å². The fourth-order valence-corrected chi connectivity index (χ4v) is 4.03. The predicted octanol–water partition coefficient (Wildman–Crippen LogP) is 2.67. The van der Waals surface area contributed by atoms with Crippen LogP contribution >= 0.6 is 0 Å². The van der Waals surface area contributed by atoms with Crippen molar-refractivity contribution in [3.63, 3.8) is 0 Å². The molecule has 1 fully saturated rings. The van der Waals surface area contributed by atoms with Gasteiger partial charge in [-0.15, -0.1) is 0 Å². The molecule has 1 aliphatic rings. The second-order valence-electron chi connectivity index (χ2n) is 8.39. The zero-order valence-electron chi connectivity index (χ0n) is 19.2. The third kappa shape index (κ3) is 5.81. The number of carbonyl (C=O) groups excluding carboxylic acids is 1. The summed E-state index contributed by atoms with van der Waals surface area (Å²) in [7, 11) is 1.84. The van der Waals surface area contributed by atoms with Crippen LogP contribution in [0.25, 0.3) is 11.1 Å². The molecule has 1 aliphatic carbocycles. The van der Waals surface area contributed by atoms with E-state index in [0.29, 0.717) is 18.6 Å². The minimum absolute atomic E-state index is 0.0661. The van der Waals surface area contributed by atoms with E-state index in [4.69, 9.17) is 15.6 Å². The number of nitrogens with zero attached hydrogens (tertiary/aromatic N) is 3. The second kappa shape index (κ2) is 11.0. The van der Waals surface area contributed by atoms with Gasteiger partial charge >= 0.3 is 0 Å². The average Bonchev–Trinajstić information content (AvgIpc) is 3.47. The highest BCUT2D eigenvalue weighted by Crippen LogP contribution is 2.25. The Labute approximate surface area is 199 Å². The number of hydrogen-bond donors (Lipinski definition) is 3. The van der Waals surface area contributed by atoms with Gasteiger partial charge in [-0.1, -0.05) is 24.0 Å². The number of aryl methyl sites for hydroxylation is 1. The van der Waals surface area contributed by atoms with Crippen molar-refractivity contribution < 1.29 is 14.6 Å². The van der Waals surface area contributed by atoms with E-state index in [-0.39, 0.29) is 30.5 Å². The first-order valence-corrected chi connectivity index (χ1v) is 11.4. The van der Waals surface area contributed by atoms with Crippen LogP contribution in [0.2, 0.25) is 0 Å². The number of nitrogen functional groups attached to an aromatic ring is 1. The maximum absolute atomic E-state index is 13.0. The van der Waals surface area contributed by atoms with E-state index < -0.39 is 0 Å². The summed E-state index contributed by atoms with van der Waals surface area (Å²) >= 11 is 0. The molecule has 34 heavy (non-hydrogen) atoms. The minimum atomic E-state index is -0.248. The molecule has 3 aromatic rings. The molecule has 0 saturated heterocycles. The Bertz CT molecular complexity index is 1190. The third-order valence-corrected chi connectivity index (χ3v) is 5.86. The quantitative estimate of drug-likeness (QED) is 0.468. The van der Waals surface area contributed by atoms with Crippen molar-refractivity contribution in [3.05, 3.63) is 65.6 Å². The van der Waals surface area contributed by atoms with Crippen LogP contribution in [0.3, 0.4) is 0 Å². The van der Waals surface area contributed by atoms with Crippen LogP contribution in [0.4, 0.5) is 5.82 Å². The largest absolute Gasteiger partial charge is 0.395 e. The number of ether oxygens (including phenoxy) is 1. The average molecular weight is 460 g/mol. The molecule has 4 rings (SSSR count). The number of nitrogens with two attached hydrogens (primary N) is 1. The number of rotatable bonds is 7. The first-order valence-electron chi connectivity index (χ1n) is 11.4. The van der Waals surface area contributed by atoms with Gasteiger partial charge < -0.3 is 20.9 Å². The van der Waals surface area contributed by atoms with Crippen molar-refractivity contribution in [2.75, 3.05) is 12.3 Å². The molecule has 4 N–H and O–H groups in total. The Morgan fingerprint density at radius 1 is 1.26 bits per heavy atom. The highest BCUT2D eigenvalue weighted by molar-refractivity contribution is 5.99. The number of pyridine rings is 1. The van der Waals surface area contributed by atoms with Gasteiger partial charge in [0.05, 0.1) is 37.1 Å². The maximum atomic E-state index is 13.0. The normalized spacial score (nSPS) is 17.2. The molecular formula is C26H29N5O3. The molecule has 8 nitrogen and oxygen atoms in total. The van der Waals surface area contributed by atoms with Gasteiger partial charge in [0, 0.05) is 42.6 Å². The lowest BCUT2D eigenvalue weighted by atomic mass is 10.1. The number of nitrogens with one attached hydrogen (secondary N) is 1. The fraction of sp³-hybridized carbons (Fsp3) is 0.346. The van der Waals surface area contributed by atoms with Crippen molar-refractivity contribution >= 4 is 11.7 Å². The molecule has 0 bridgehead atoms. The highest BCUT2D eigenvalue weighted by atomic mass is 16.5. The molecule has 2 heterocycles. The maximum Gasteiger partial charge on any atom is 0.255 e. The topological polar surface area (TPSA) is 115 Å². The summed E-state index contributed by atoms with van der Waals surface area (Å²) < 4.78 is 7.86. The molecular weight excluding hydrogens is 430 g/mol. The van der Waals surface area contributed by atoms with Crippen molar-refractivity contribution in [2.24, 2.45) is 7.05 Å². The van der Waals surface area contributed by atoms with Crippen LogP contribution in [0, 0.1) is 11.8 Å². The first kappa shape index (κ1) is 23.5. The highest BCUT2D eigenvalue weighted by Gasteiger charge is 2.30. The molecule has 8 heteroatoms. The summed E-state index contributed by atoms with van der Waals surface area (Å²) in [5.74, 6) is 5.88. The molecule has 2 atom stereocenters. The summed E-state index contributed by atoms with van der Waals surface area (Å²) in [5, 5.41) is 16.1. The number of hydrogen-bond acceptors (Lipinski definition) is 6. The Kier molecular flexibility index (Phi) is 7.58. The van der Waals surface area contributed by atoms with E-state index in [2.05, 4.69) is 27.2 Å². The van der Waals surface area contributed by atoms with Gasteiger partial charge in [0.2, 0.25) is 0 Å². The van der Waals surface area contributed by atoms with Gasteiger partial charge in [-0.05, 0) is 43.0 Å². The van der Waals surface area contributed by atoms with E-state index in [9.17, 15) is 4.79 Å². The molecule has 1 aromatic carbocycles. The van der Waals surface area contributed by atoms with Crippen molar-refractivity contribution in [1.29, 1.82) is 0 Å². The van der Waals surface area contributed by atoms with Gasteiger partial charge in [0.15, 0.2) is 0 Å². The number of amides is 1. The molecule has 2 aromatic heterocycles. The van der Waals surface area contributed by atoms with Crippen LogP contribution < -0.4 is 11.1 Å². The molecule has 1 saturated carbocycles. The number of benzene rings is 1. The number of aliphatic hydroxyl groups is 1. The van der Waals surface area contributed by atoms with E-state index in [1.54, 1.807) is 23.1 Å². The summed E-state index contributed by atoms with van der Waals surface area (Å²) in [4.78, 5) is 17.3. The van der Waals surface area contributed by atoms with Crippen LogP contribution in [-0.2, 0) is 18.4 Å². The van der Waals surface area contributed by atoms with Crippen LogP contribution in [-0.4, -0.2) is 44.5 Å². The molecule has 176 valence electrons. The predicted molar refractivity (Wildman–Crippen MR) is 130 cm³/mol. The Balaban J connectivity index is 1.37. The minimum Gasteiger partial charge on any atom is -0.395 e. The summed E-state index contributed by atoms with van der Waals surface area (Å²) in [5.41, 5.74) is 9.98. The Morgan fingerprint density at radius 3 is 2.82 bits per heavy atom. The molecule has 0 spiro atoms. The smallest absolute Gasteiger partial charge is 0.255 e. The monoisotopic (exact) mass is 459 g/mol. The molecule has 0 radical (unpaired) electrons. The molecule has 1 amide bonds. The van der Waals surface area contributed by atoms with E-state index >= 15 is 0 Å². The van der Waals surface area contributed by atoms with Crippen molar-refractivity contribution in [3.8, 4) is 23.0 Å². The molecule has 0 unspecified atom stereocenters. The molecule has 0 aliphatic heterocycles. The standard InChI is InChI=1S/C26H29N5O3/c1-31-16-21(15-29-31)20-13-22(25(27)28-14-20)26(33)30-23-6-4-7-24(23)34-17-19-10-8-18(9-11-19)5-2-3-12-32/h8-11,13-16,23-24,32H,3-4,6-7,12,17H2,1H3,(H2,27,28)(H,30,33)/t23-,24-/m0/s1. The summed E-state index contributed by atoms with van der Waals surface area (Å²) in [6, 6.07) is 9.54. The SMILES string of the molecule is Cn1cc(-c2cnc(N)c(C(=O)N[C@H]3CCC[C@@H]3OCc3ccc(C#CCCO)cc3)c2)cn1. The number of aliphatic hydroxyl groups excluding tert-OH is 1. The van der Waals surface area contributed by atoms with E-state index in [0.717, 1.165) is 41.5 Å². The lowest BCUT2D eigenvalue weighted by Gasteiger charge is -2.22. The Hall–Kier alpha value is -3.67. The first-order chi connectivity index (χ1) is 16.5. The van der Waals surface area contributed by atoms with Gasteiger partial charge in [-0.25, -0.2) is 4.98 Å². The van der Waals surface area contributed by atoms with Crippen molar-refractivity contribution in [2.45, 2.75) is 44.4 Å². The second-order valence-corrected chi connectivity index (χ2v) is 8.39. The van der Waals surface area contributed by atoms with Crippen LogP contribution in [0.15, 0.2) is 48.9 Å². The van der Waals surface area contributed by atoms with Crippen molar-refractivity contribution in [1.82, 2.24) is 20.1 Å². The van der Waals surface area contributed by atoms with E-state index in [1.807, 2.05) is 37.5 Å². The number of anilines is 1. The lowest BCUT2D eigenvalue weighted by molar-refractivity contribution is 0.0272. The zero-order chi connectivity index (χ0) is 23.9. The summed E-state index contributed by atoms with van der Waals surface area (Å²) in [6.45, 7) is 0.526. The van der Waals surface area contributed by atoms with Gasteiger partial charge in [0.25, 0.3) is 5.91 Å². The van der Waals surface area contributed by atoms with E-state index in [1.165, 1.54) is 0 Å².